The van der Waals surface area contributed by atoms with Crippen molar-refractivity contribution in [2.24, 2.45) is 10.9 Å². The standard InChI is InChI=1S/C10H8N8OS/c11-7(18-19)5-1-2-12-10(17-5)20-9-6-8(14-3-13-6)15-4-16-9/h1-4,19H,(H2,11,18)(H,13,14,15,16). The van der Waals surface area contributed by atoms with Crippen LogP contribution in [-0.2, 0) is 0 Å². The molecule has 0 aliphatic carbocycles. The van der Waals surface area contributed by atoms with Gasteiger partial charge in [-0.2, -0.15) is 0 Å². The monoisotopic (exact) mass is 288 g/mol. The van der Waals surface area contributed by atoms with Crippen molar-refractivity contribution in [2.75, 3.05) is 0 Å². The van der Waals surface area contributed by atoms with E-state index in [1.807, 2.05) is 0 Å². The fourth-order valence-corrected chi connectivity index (χ4v) is 2.27. The van der Waals surface area contributed by atoms with Gasteiger partial charge in [-0.3, -0.25) is 0 Å². The Morgan fingerprint density at radius 3 is 3.05 bits per heavy atom. The van der Waals surface area contributed by atoms with Gasteiger partial charge in [0.1, 0.15) is 22.6 Å². The molecule has 0 fully saturated rings. The molecule has 0 saturated heterocycles. The van der Waals surface area contributed by atoms with Crippen molar-refractivity contribution in [1.29, 1.82) is 0 Å². The van der Waals surface area contributed by atoms with Gasteiger partial charge in [0.05, 0.1) is 6.33 Å². The molecule has 20 heavy (non-hydrogen) atoms. The number of aromatic nitrogens is 6. The molecular weight excluding hydrogens is 280 g/mol. The molecule has 3 aromatic heterocycles. The molecule has 0 spiro atoms. The Morgan fingerprint density at radius 1 is 1.30 bits per heavy atom. The Hall–Kier alpha value is -2.75. The maximum Gasteiger partial charge on any atom is 0.194 e. The maximum atomic E-state index is 8.64. The second-order valence-corrected chi connectivity index (χ2v) is 4.55. The second-order valence-electron chi connectivity index (χ2n) is 3.59. The normalized spacial score (nSPS) is 11.9. The molecule has 0 amide bonds. The molecule has 0 unspecified atom stereocenters. The first-order chi connectivity index (χ1) is 9.78. The summed E-state index contributed by atoms with van der Waals surface area (Å²) in [5.41, 5.74) is 7.09. The summed E-state index contributed by atoms with van der Waals surface area (Å²) < 4.78 is 0. The molecule has 0 atom stereocenters. The van der Waals surface area contributed by atoms with Gasteiger partial charge in [-0.25, -0.2) is 24.9 Å². The molecule has 0 bridgehead atoms. The van der Waals surface area contributed by atoms with E-state index in [4.69, 9.17) is 10.9 Å². The zero-order valence-corrected chi connectivity index (χ0v) is 10.7. The van der Waals surface area contributed by atoms with E-state index in [2.05, 4.69) is 35.1 Å². The summed E-state index contributed by atoms with van der Waals surface area (Å²) in [5, 5.41) is 12.6. The van der Waals surface area contributed by atoms with Gasteiger partial charge in [-0.05, 0) is 17.8 Å². The fraction of sp³-hybridized carbons (Fsp3) is 0. The SMILES string of the molecule is N/C(=N/O)c1ccnc(Sc2ncnc3nc[nH]c23)n1. The van der Waals surface area contributed by atoms with Crippen LogP contribution in [0.4, 0.5) is 0 Å². The minimum atomic E-state index is -0.0800. The summed E-state index contributed by atoms with van der Waals surface area (Å²) in [6.45, 7) is 0. The zero-order chi connectivity index (χ0) is 13.9. The molecule has 3 heterocycles. The minimum Gasteiger partial charge on any atom is -0.409 e. The third-order valence-corrected chi connectivity index (χ3v) is 3.26. The Balaban J connectivity index is 1.97. The van der Waals surface area contributed by atoms with Gasteiger partial charge in [0, 0.05) is 6.20 Å². The van der Waals surface area contributed by atoms with E-state index in [9.17, 15) is 0 Å². The summed E-state index contributed by atoms with van der Waals surface area (Å²) in [7, 11) is 0. The molecule has 10 heteroatoms. The summed E-state index contributed by atoms with van der Waals surface area (Å²) in [6, 6.07) is 1.55. The van der Waals surface area contributed by atoms with Crippen molar-refractivity contribution in [3.8, 4) is 0 Å². The zero-order valence-electron chi connectivity index (χ0n) is 9.93. The molecule has 100 valence electrons. The molecule has 0 aliphatic heterocycles. The number of H-pyrrole nitrogens is 1. The van der Waals surface area contributed by atoms with Crippen LogP contribution in [0.3, 0.4) is 0 Å². The lowest BCUT2D eigenvalue weighted by Gasteiger charge is -2.02. The average Bonchev–Trinajstić information content (AvgIpc) is 2.96. The van der Waals surface area contributed by atoms with Crippen LogP contribution in [0, 0.1) is 0 Å². The molecular formula is C10H8N8OS. The number of amidine groups is 1. The predicted molar refractivity (Wildman–Crippen MR) is 70.3 cm³/mol. The third-order valence-electron chi connectivity index (χ3n) is 2.38. The molecule has 3 aromatic rings. The molecule has 4 N–H and O–H groups in total. The molecule has 0 saturated carbocycles. The van der Waals surface area contributed by atoms with Gasteiger partial charge in [0.2, 0.25) is 0 Å². The van der Waals surface area contributed by atoms with Gasteiger partial charge < -0.3 is 15.9 Å². The highest BCUT2D eigenvalue weighted by molar-refractivity contribution is 7.99. The van der Waals surface area contributed by atoms with E-state index in [1.54, 1.807) is 6.07 Å². The van der Waals surface area contributed by atoms with Crippen molar-refractivity contribution in [2.45, 2.75) is 10.2 Å². The van der Waals surface area contributed by atoms with E-state index in [0.717, 1.165) is 0 Å². The predicted octanol–water partition coefficient (Wildman–Crippen LogP) is 0.389. The van der Waals surface area contributed by atoms with Crippen molar-refractivity contribution in [1.82, 2.24) is 29.9 Å². The van der Waals surface area contributed by atoms with Gasteiger partial charge in [-0.15, -0.1) is 0 Å². The van der Waals surface area contributed by atoms with Gasteiger partial charge in [-0.1, -0.05) is 5.16 Å². The summed E-state index contributed by atoms with van der Waals surface area (Å²) >= 11 is 1.23. The molecule has 9 nitrogen and oxygen atoms in total. The number of imidazole rings is 1. The van der Waals surface area contributed by atoms with Gasteiger partial charge >= 0.3 is 0 Å². The van der Waals surface area contributed by atoms with E-state index < -0.39 is 0 Å². The van der Waals surface area contributed by atoms with Crippen LogP contribution in [0.2, 0.25) is 0 Å². The molecule has 0 aromatic carbocycles. The Bertz CT molecular complexity index is 786. The summed E-state index contributed by atoms with van der Waals surface area (Å²) in [6.07, 6.45) is 4.48. The molecule has 0 aliphatic rings. The Kier molecular flexibility index (Phi) is 3.13. The lowest BCUT2D eigenvalue weighted by molar-refractivity contribution is 0.318. The highest BCUT2D eigenvalue weighted by Crippen LogP contribution is 2.26. The minimum absolute atomic E-state index is 0.0800. The number of nitrogens with one attached hydrogen (secondary N) is 1. The molecule has 0 radical (unpaired) electrons. The first kappa shape index (κ1) is 12.3. The number of rotatable bonds is 3. The van der Waals surface area contributed by atoms with Gasteiger partial charge in [0.25, 0.3) is 0 Å². The fourth-order valence-electron chi connectivity index (χ4n) is 1.49. The summed E-state index contributed by atoms with van der Waals surface area (Å²) in [4.78, 5) is 23.5. The van der Waals surface area contributed by atoms with E-state index in [1.165, 1.54) is 30.6 Å². The number of nitrogens with zero attached hydrogens (tertiary/aromatic N) is 6. The first-order valence-corrected chi connectivity index (χ1v) is 6.22. The highest BCUT2D eigenvalue weighted by atomic mass is 32.2. The second kappa shape index (κ2) is 5.09. The number of nitrogens with two attached hydrogens (primary N) is 1. The average molecular weight is 288 g/mol. The molecule has 3 rings (SSSR count). The highest BCUT2D eigenvalue weighted by Gasteiger charge is 2.10. The quantitative estimate of drug-likeness (QED) is 0.157. The van der Waals surface area contributed by atoms with E-state index in [-0.39, 0.29) is 5.84 Å². The van der Waals surface area contributed by atoms with Crippen LogP contribution in [-0.4, -0.2) is 40.9 Å². The maximum absolute atomic E-state index is 8.64. The third kappa shape index (κ3) is 2.23. The van der Waals surface area contributed by atoms with Crippen molar-refractivity contribution < 1.29 is 5.21 Å². The number of fused-ring (bicyclic) bond motifs is 1. The Labute approximate surface area is 116 Å². The van der Waals surface area contributed by atoms with Crippen LogP contribution in [0.15, 0.2) is 40.3 Å². The topological polar surface area (TPSA) is 139 Å². The lowest BCUT2D eigenvalue weighted by atomic mass is 10.4. The number of oxime groups is 1. The van der Waals surface area contributed by atoms with Crippen molar-refractivity contribution in [3.05, 3.63) is 30.6 Å². The number of aromatic amines is 1. The van der Waals surface area contributed by atoms with E-state index >= 15 is 0 Å². The van der Waals surface area contributed by atoms with Crippen LogP contribution in [0.1, 0.15) is 5.69 Å². The van der Waals surface area contributed by atoms with Crippen LogP contribution in [0.5, 0.6) is 0 Å². The van der Waals surface area contributed by atoms with E-state index in [0.29, 0.717) is 27.0 Å². The Morgan fingerprint density at radius 2 is 2.20 bits per heavy atom. The van der Waals surface area contributed by atoms with Crippen LogP contribution in [0.25, 0.3) is 11.2 Å². The van der Waals surface area contributed by atoms with Crippen molar-refractivity contribution in [3.63, 3.8) is 0 Å². The van der Waals surface area contributed by atoms with Crippen LogP contribution < -0.4 is 5.73 Å². The van der Waals surface area contributed by atoms with Crippen LogP contribution >= 0.6 is 11.8 Å². The smallest absolute Gasteiger partial charge is 0.194 e. The summed E-state index contributed by atoms with van der Waals surface area (Å²) in [5.74, 6) is -0.0800. The first-order valence-electron chi connectivity index (χ1n) is 5.41. The number of hydrogen-bond donors (Lipinski definition) is 3. The number of hydrogen-bond acceptors (Lipinski definition) is 8. The van der Waals surface area contributed by atoms with Crippen molar-refractivity contribution >= 4 is 28.8 Å². The largest absolute Gasteiger partial charge is 0.409 e. The lowest BCUT2D eigenvalue weighted by Crippen LogP contribution is -2.15. The van der Waals surface area contributed by atoms with Gasteiger partial charge in [0.15, 0.2) is 16.6 Å².